The van der Waals surface area contributed by atoms with E-state index in [1.807, 2.05) is 6.07 Å². The third-order valence-electron chi connectivity index (χ3n) is 3.56. The van der Waals surface area contributed by atoms with E-state index in [-0.39, 0.29) is 11.3 Å². The van der Waals surface area contributed by atoms with Crippen LogP contribution < -0.4 is 5.32 Å². The zero-order chi connectivity index (χ0) is 17.1. The van der Waals surface area contributed by atoms with E-state index in [1.54, 1.807) is 31.2 Å². The lowest BCUT2D eigenvalue weighted by Gasteiger charge is -2.11. The predicted molar refractivity (Wildman–Crippen MR) is 87.1 cm³/mol. The van der Waals surface area contributed by atoms with Crippen molar-refractivity contribution in [2.24, 2.45) is 0 Å². The summed E-state index contributed by atoms with van der Waals surface area (Å²) in [6.45, 7) is 1.55. The molecule has 0 aliphatic rings. The van der Waals surface area contributed by atoms with Crippen molar-refractivity contribution < 1.29 is 9.72 Å². The van der Waals surface area contributed by atoms with Gasteiger partial charge in [0.2, 0.25) is 0 Å². The van der Waals surface area contributed by atoms with Gasteiger partial charge in [-0.25, -0.2) is 9.67 Å². The molecule has 0 fully saturated rings. The summed E-state index contributed by atoms with van der Waals surface area (Å²) in [6.07, 6.45) is 2.91. The van der Waals surface area contributed by atoms with Crippen LogP contribution in [0.15, 0.2) is 55.1 Å². The van der Waals surface area contributed by atoms with Crippen molar-refractivity contribution in [2.45, 2.75) is 6.92 Å². The molecule has 0 aliphatic carbocycles. The molecule has 8 heteroatoms. The number of nitrogens with one attached hydrogen (secondary N) is 1. The van der Waals surface area contributed by atoms with Crippen LogP contribution in [-0.4, -0.2) is 25.6 Å². The average Bonchev–Trinajstić information content (AvgIpc) is 3.09. The van der Waals surface area contributed by atoms with Crippen LogP contribution in [0, 0.1) is 17.0 Å². The van der Waals surface area contributed by atoms with Crippen molar-refractivity contribution in [2.75, 3.05) is 5.32 Å². The fourth-order valence-electron chi connectivity index (χ4n) is 2.37. The maximum absolute atomic E-state index is 12.6. The molecular weight excluding hydrogens is 310 g/mol. The van der Waals surface area contributed by atoms with Crippen LogP contribution in [0.4, 0.5) is 11.4 Å². The van der Waals surface area contributed by atoms with Crippen LogP contribution >= 0.6 is 0 Å². The molecule has 0 saturated carbocycles. The molecule has 1 heterocycles. The molecule has 1 aromatic heterocycles. The summed E-state index contributed by atoms with van der Waals surface area (Å²) in [5.41, 5.74) is 1.65. The minimum Gasteiger partial charge on any atom is -0.320 e. The van der Waals surface area contributed by atoms with Crippen molar-refractivity contribution in [1.29, 1.82) is 0 Å². The first-order valence-corrected chi connectivity index (χ1v) is 7.07. The molecule has 0 unspecified atom stereocenters. The van der Waals surface area contributed by atoms with Gasteiger partial charge in [-0.3, -0.25) is 14.9 Å². The largest absolute Gasteiger partial charge is 0.320 e. The number of nitro benzene ring substituents is 1. The second-order valence-electron chi connectivity index (χ2n) is 5.02. The van der Waals surface area contributed by atoms with Gasteiger partial charge in [-0.2, -0.15) is 5.10 Å². The van der Waals surface area contributed by atoms with Crippen molar-refractivity contribution in [3.8, 4) is 5.69 Å². The number of benzene rings is 2. The first-order chi connectivity index (χ1) is 11.6. The Morgan fingerprint density at radius 3 is 2.71 bits per heavy atom. The highest BCUT2D eigenvalue weighted by Crippen LogP contribution is 2.24. The third-order valence-corrected chi connectivity index (χ3v) is 3.56. The summed E-state index contributed by atoms with van der Waals surface area (Å²) >= 11 is 0. The number of anilines is 1. The SMILES string of the molecule is Cc1c(C(=O)Nc2ccccc2-n2cncn2)cccc1[N+](=O)[O-]. The molecule has 2 aromatic carbocycles. The van der Waals surface area contributed by atoms with Gasteiger partial charge in [-0.05, 0) is 25.1 Å². The molecule has 1 amide bonds. The fraction of sp³-hybridized carbons (Fsp3) is 0.0625. The number of hydrogen-bond donors (Lipinski definition) is 1. The fourth-order valence-corrected chi connectivity index (χ4v) is 2.37. The number of amides is 1. The van der Waals surface area contributed by atoms with E-state index in [9.17, 15) is 14.9 Å². The minimum absolute atomic E-state index is 0.0905. The Kier molecular flexibility index (Phi) is 4.02. The average molecular weight is 323 g/mol. The highest BCUT2D eigenvalue weighted by molar-refractivity contribution is 6.06. The Labute approximate surface area is 136 Å². The van der Waals surface area contributed by atoms with Gasteiger partial charge in [0, 0.05) is 17.2 Å². The van der Waals surface area contributed by atoms with Gasteiger partial charge < -0.3 is 5.32 Å². The number of carbonyl (C=O) groups is 1. The molecule has 24 heavy (non-hydrogen) atoms. The minimum atomic E-state index is -0.504. The predicted octanol–water partition coefficient (Wildman–Crippen LogP) is 2.74. The number of nitrogens with zero attached hydrogens (tertiary/aromatic N) is 4. The summed E-state index contributed by atoms with van der Waals surface area (Å²) in [5, 5.41) is 17.8. The Hall–Kier alpha value is -3.55. The molecule has 0 spiro atoms. The second-order valence-corrected chi connectivity index (χ2v) is 5.02. The normalized spacial score (nSPS) is 10.4. The summed E-state index contributed by atoms with van der Waals surface area (Å²) in [4.78, 5) is 27.0. The number of para-hydroxylation sites is 2. The highest BCUT2D eigenvalue weighted by Gasteiger charge is 2.18. The monoisotopic (exact) mass is 323 g/mol. The number of aromatic nitrogens is 3. The standard InChI is InChI=1S/C16H13N5O3/c1-11-12(5-4-8-14(11)21(23)24)16(22)19-13-6-2-3-7-15(13)20-10-17-9-18-20/h2-10H,1H3,(H,19,22). The molecule has 3 aromatic rings. The zero-order valence-corrected chi connectivity index (χ0v) is 12.7. The number of nitro groups is 1. The Morgan fingerprint density at radius 2 is 2.00 bits per heavy atom. The van der Waals surface area contributed by atoms with Crippen LogP contribution in [0.1, 0.15) is 15.9 Å². The smallest absolute Gasteiger partial charge is 0.273 e. The quantitative estimate of drug-likeness (QED) is 0.587. The second kappa shape index (κ2) is 6.29. The van der Waals surface area contributed by atoms with Gasteiger partial charge in [-0.1, -0.05) is 18.2 Å². The lowest BCUT2D eigenvalue weighted by molar-refractivity contribution is -0.385. The van der Waals surface area contributed by atoms with Crippen LogP contribution in [0.25, 0.3) is 5.69 Å². The molecule has 0 bridgehead atoms. The van der Waals surface area contributed by atoms with E-state index >= 15 is 0 Å². The molecule has 0 aliphatic heterocycles. The van der Waals surface area contributed by atoms with Crippen LogP contribution in [0.3, 0.4) is 0 Å². The molecule has 0 saturated heterocycles. The molecular formula is C16H13N5O3. The maximum Gasteiger partial charge on any atom is 0.273 e. The summed E-state index contributed by atoms with van der Waals surface area (Å²) < 4.78 is 1.52. The van der Waals surface area contributed by atoms with E-state index in [0.717, 1.165) is 0 Å². The van der Waals surface area contributed by atoms with E-state index in [4.69, 9.17) is 0 Å². The third kappa shape index (κ3) is 2.84. The van der Waals surface area contributed by atoms with E-state index < -0.39 is 10.8 Å². The van der Waals surface area contributed by atoms with Gasteiger partial charge in [0.15, 0.2) is 0 Å². The molecule has 1 N–H and O–H groups in total. The number of carbonyl (C=O) groups excluding carboxylic acids is 1. The zero-order valence-electron chi connectivity index (χ0n) is 12.7. The van der Waals surface area contributed by atoms with E-state index in [0.29, 0.717) is 16.9 Å². The first-order valence-electron chi connectivity index (χ1n) is 7.07. The van der Waals surface area contributed by atoms with Crippen LogP contribution in [0.5, 0.6) is 0 Å². The van der Waals surface area contributed by atoms with Crippen molar-refractivity contribution in [3.63, 3.8) is 0 Å². The van der Waals surface area contributed by atoms with Crippen molar-refractivity contribution >= 4 is 17.3 Å². The molecule has 0 radical (unpaired) electrons. The van der Waals surface area contributed by atoms with Crippen LogP contribution in [0.2, 0.25) is 0 Å². The Balaban J connectivity index is 1.95. The Bertz CT molecular complexity index is 906. The summed E-state index contributed by atoms with van der Waals surface area (Å²) in [5.74, 6) is -0.427. The van der Waals surface area contributed by atoms with Gasteiger partial charge >= 0.3 is 0 Å². The molecule has 8 nitrogen and oxygen atoms in total. The highest BCUT2D eigenvalue weighted by atomic mass is 16.6. The van der Waals surface area contributed by atoms with Gasteiger partial charge in [0.05, 0.1) is 16.3 Å². The molecule has 120 valence electrons. The van der Waals surface area contributed by atoms with Crippen molar-refractivity contribution in [3.05, 3.63) is 76.4 Å². The molecule has 0 atom stereocenters. The molecule has 3 rings (SSSR count). The van der Waals surface area contributed by atoms with Gasteiger partial charge in [0.1, 0.15) is 12.7 Å². The van der Waals surface area contributed by atoms with E-state index in [1.165, 1.54) is 29.5 Å². The van der Waals surface area contributed by atoms with Gasteiger partial charge in [0.25, 0.3) is 11.6 Å². The van der Waals surface area contributed by atoms with Crippen molar-refractivity contribution in [1.82, 2.24) is 14.8 Å². The number of rotatable bonds is 4. The van der Waals surface area contributed by atoms with E-state index in [2.05, 4.69) is 15.4 Å². The first kappa shape index (κ1) is 15.3. The summed E-state index contributed by atoms with van der Waals surface area (Å²) in [7, 11) is 0. The lowest BCUT2D eigenvalue weighted by atomic mass is 10.1. The lowest BCUT2D eigenvalue weighted by Crippen LogP contribution is -2.15. The maximum atomic E-state index is 12.6. The summed E-state index contributed by atoms with van der Waals surface area (Å²) in [6, 6.07) is 11.5. The van der Waals surface area contributed by atoms with Crippen LogP contribution in [-0.2, 0) is 0 Å². The Morgan fingerprint density at radius 1 is 1.21 bits per heavy atom. The topological polar surface area (TPSA) is 103 Å². The van der Waals surface area contributed by atoms with Gasteiger partial charge in [-0.15, -0.1) is 0 Å². The number of hydrogen-bond acceptors (Lipinski definition) is 5.